The minimum Gasteiger partial charge on any atom is -0.301 e. The molecule has 2 rings (SSSR count). The first kappa shape index (κ1) is 13.2. The van der Waals surface area contributed by atoms with E-state index in [4.69, 9.17) is 0 Å². The highest BCUT2D eigenvalue weighted by atomic mass is 19.1. The van der Waals surface area contributed by atoms with Crippen LogP contribution >= 0.6 is 0 Å². The molecule has 0 amide bonds. The van der Waals surface area contributed by atoms with Crippen molar-refractivity contribution >= 4 is 5.78 Å². The fourth-order valence-electron chi connectivity index (χ4n) is 2.20. The lowest BCUT2D eigenvalue weighted by Gasteiger charge is -2.37. The van der Waals surface area contributed by atoms with Crippen molar-refractivity contribution in [1.29, 1.82) is 0 Å². The third-order valence-electron chi connectivity index (χ3n) is 3.58. The van der Waals surface area contributed by atoms with Crippen LogP contribution in [0.15, 0.2) is 24.3 Å². The van der Waals surface area contributed by atoms with Gasteiger partial charge < -0.3 is 4.90 Å². The number of hydrogen-bond acceptors (Lipinski definition) is 3. The molecule has 1 aliphatic heterocycles. The van der Waals surface area contributed by atoms with Crippen LogP contribution in [0.4, 0.5) is 4.39 Å². The molecule has 1 aromatic carbocycles. The van der Waals surface area contributed by atoms with Gasteiger partial charge in [0.2, 0.25) is 0 Å². The second-order valence-corrected chi connectivity index (χ2v) is 4.99. The lowest BCUT2D eigenvalue weighted by atomic mass is 10.1. The fraction of sp³-hybridized carbons (Fsp3) is 0.500. The van der Waals surface area contributed by atoms with E-state index < -0.39 is 0 Å². The number of carbonyl (C=O) groups excluding carboxylic acids is 1. The molecule has 0 aliphatic carbocycles. The Morgan fingerprint density at radius 2 is 2.00 bits per heavy atom. The van der Waals surface area contributed by atoms with Crippen molar-refractivity contribution in [2.45, 2.75) is 13.0 Å². The van der Waals surface area contributed by atoms with E-state index in [-0.39, 0.29) is 11.6 Å². The van der Waals surface area contributed by atoms with Gasteiger partial charge in [-0.2, -0.15) is 0 Å². The molecular formula is C14H19FN2O. The summed E-state index contributed by atoms with van der Waals surface area (Å²) in [7, 11) is 2.10. The van der Waals surface area contributed by atoms with Gasteiger partial charge in [0.05, 0.1) is 6.54 Å². The number of piperazine rings is 1. The van der Waals surface area contributed by atoms with E-state index in [9.17, 15) is 9.18 Å². The number of rotatable bonds is 3. The second kappa shape index (κ2) is 5.59. The Balaban J connectivity index is 1.93. The Kier molecular flexibility index (Phi) is 4.09. The predicted molar refractivity (Wildman–Crippen MR) is 69.3 cm³/mol. The molecule has 1 unspecified atom stereocenters. The van der Waals surface area contributed by atoms with Crippen LogP contribution in [-0.2, 0) is 0 Å². The number of likely N-dealkylation sites (N-methyl/N-ethyl adjacent to an activating group) is 1. The number of halogens is 1. The molecule has 1 aliphatic rings. The van der Waals surface area contributed by atoms with E-state index in [1.165, 1.54) is 12.1 Å². The summed E-state index contributed by atoms with van der Waals surface area (Å²) < 4.78 is 12.8. The largest absolute Gasteiger partial charge is 0.301 e. The van der Waals surface area contributed by atoms with Crippen LogP contribution < -0.4 is 0 Å². The third-order valence-corrected chi connectivity index (χ3v) is 3.58. The zero-order chi connectivity index (χ0) is 13.1. The normalized spacial score (nSPS) is 22.1. The van der Waals surface area contributed by atoms with Crippen molar-refractivity contribution in [2.75, 3.05) is 33.2 Å². The molecule has 1 fully saturated rings. The third kappa shape index (κ3) is 3.15. The highest BCUT2D eigenvalue weighted by Gasteiger charge is 2.22. The first-order valence-electron chi connectivity index (χ1n) is 6.27. The quantitative estimate of drug-likeness (QED) is 0.762. The summed E-state index contributed by atoms with van der Waals surface area (Å²) in [6, 6.07) is 6.24. The van der Waals surface area contributed by atoms with Gasteiger partial charge in [-0.1, -0.05) is 0 Å². The Hall–Kier alpha value is -1.26. The summed E-state index contributed by atoms with van der Waals surface area (Å²) in [5.41, 5.74) is 0.586. The van der Waals surface area contributed by atoms with Crippen molar-refractivity contribution in [3.05, 3.63) is 35.6 Å². The van der Waals surface area contributed by atoms with Gasteiger partial charge in [0.1, 0.15) is 5.82 Å². The molecule has 1 heterocycles. The number of nitrogens with zero attached hydrogens (tertiary/aromatic N) is 2. The molecule has 1 saturated heterocycles. The van der Waals surface area contributed by atoms with Gasteiger partial charge >= 0.3 is 0 Å². The highest BCUT2D eigenvalue weighted by Crippen LogP contribution is 2.09. The Morgan fingerprint density at radius 3 is 2.61 bits per heavy atom. The molecule has 0 N–H and O–H groups in total. The molecule has 1 atom stereocenters. The minimum absolute atomic E-state index is 0.0618. The molecule has 0 saturated carbocycles. The lowest BCUT2D eigenvalue weighted by Crippen LogP contribution is -2.51. The predicted octanol–water partition coefficient (Wildman–Crippen LogP) is 1.64. The number of carbonyl (C=O) groups is 1. The Labute approximate surface area is 107 Å². The summed E-state index contributed by atoms with van der Waals surface area (Å²) >= 11 is 0. The first-order valence-corrected chi connectivity index (χ1v) is 6.27. The topological polar surface area (TPSA) is 23.6 Å². The monoisotopic (exact) mass is 250 g/mol. The summed E-state index contributed by atoms with van der Waals surface area (Å²) in [4.78, 5) is 16.5. The molecule has 0 bridgehead atoms. The smallest absolute Gasteiger partial charge is 0.176 e. The van der Waals surface area contributed by atoms with Crippen molar-refractivity contribution in [3.63, 3.8) is 0 Å². The van der Waals surface area contributed by atoms with Gasteiger partial charge in [0.25, 0.3) is 0 Å². The molecule has 0 radical (unpaired) electrons. The average molecular weight is 250 g/mol. The average Bonchev–Trinajstić information content (AvgIpc) is 2.34. The highest BCUT2D eigenvalue weighted by molar-refractivity contribution is 5.97. The van der Waals surface area contributed by atoms with Gasteiger partial charge in [-0.25, -0.2) is 4.39 Å². The van der Waals surface area contributed by atoms with E-state index >= 15 is 0 Å². The van der Waals surface area contributed by atoms with Crippen LogP contribution in [0.3, 0.4) is 0 Å². The van der Waals surface area contributed by atoms with E-state index in [1.807, 2.05) is 0 Å². The van der Waals surface area contributed by atoms with Crippen LogP contribution in [0, 0.1) is 5.82 Å². The molecular weight excluding hydrogens is 231 g/mol. The van der Waals surface area contributed by atoms with Crippen LogP contribution in [0.2, 0.25) is 0 Å². The Bertz CT molecular complexity index is 418. The van der Waals surface area contributed by atoms with Crippen LogP contribution in [0.5, 0.6) is 0 Å². The van der Waals surface area contributed by atoms with Gasteiger partial charge in [-0.15, -0.1) is 0 Å². The van der Waals surface area contributed by atoms with E-state index in [2.05, 4.69) is 23.8 Å². The molecule has 18 heavy (non-hydrogen) atoms. The number of ketones is 1. The van der Waals surface area contributed by atoms with Crippen LogP contribution in [0.25, 0.3) is 0 Å². The van der Waals surface area contributed by atoms with Crippen LogP contribution in [-0.4, -0.2) is 54.9 Å². The van der Waals surface area contributed by atoms with E-state index in [1.54, 1.807) is 12.1 Å². The zero-order valence-electron chi connectivity index (χ0n) is 10.9. The van der Waals surface area contributed by atoms with Gasteiger partial charge in [0.15, 0.2) is 5.78 Å². The van der Waals surface area contributed by atoms with Crippen molar-refractivity contribution in [3.8, 4) is 0 Å². The fourth-order valence-corrected chi connectivity index (χ4v) is 2.20. The number of hydrogen-bond donors (Lipinski definition) is 0. The standard InChI is InChI=1S/C14H19FN2O/c1-11-9-17(8-7-16(11)2)10-14(18)12-3-5-13(15)6-4-12/h3-6,11H,7-10H2,1-2H3. The van der Waals surface area contributed by atoms with E-state index in [0.717, 1.165) is 19.6 Å². The van der Waals surface area contributed by atoms with E-state index in [0.29, 0.717) is 18.2 Å². The zero-order valence-corrected chi connectivity index (χ0v) is 10.9. The van der Waals surface area contributed by atoms with Crippen molar-refractivity contribution < 1.29 is 9.18 Å². The number of benzene rings is 1. The Morgan fingerprint density at radius 1 is 1.33 bits per heavy atom. The molecule has 0 spiro atoms. The molecule has 0 aromatic heterocycles. The molecule has 3 nitrogen and oxygen atoms in total. The molecule has 1 aromatic rings. The van der Waals surface area contributed by atoms with Gasteiger partial charge in [-0.05, 0) is 38.2 Å². The van der Waals surface area contributed by atoms with Crippen molar-refractivity contribution in [2.24, 2.45) is 0 Å². The SMILES string of the molecule is CC1CN(CC(=O)c2ccc(F)cc2)CCN1C. The molecule has 98 valence electrons. The lowest BCUT2D eigenvalue weighted by molar-refractivity contribution is 0.0786. The summed E-state index contributed by atoms with van der Waals surface area (Å²) in [6.07, 6.45) is 0. The van der Waals surface area contributed by atoms with Gasteiger partial charge in [-0.3, -0.25) is 9.69 Å². The maximum absolute atomic E-state index is 12.8. The maximum atomic E-state index is 12.8. The first-order chi connectivity index (χ1) is 8.56. The van der Waals surface area contributed by atoms with Crippen LogP contribution in [0.1, 0.15) is 17.3 Å². The number of Topliss-reactive ketones (excluding diaryl/α,β-unsaturated/α-hetero) is 1. The van der Waals surface area contributed by atoms with Gasteiger partial charge in [0, 0.05) is 31.2 Å². The van der Waals surface area contributed by atoms with Crippen molar-refractivity contribution in [1.82, 2.24) is 9.80 Å². The second-order valence-electron chi connectivity index (χ2n) is 4.99. The molecule has 4 heteroatoms. The summed E-state index contributed by atoms with van der Waals surface area (Å²) in [5, 5.41) is 0. The maximum Gasteiger partial charge on any atom is 0.176 e. The minimum atomic E-state index is -0.306. The summed E-state index contributed by atoms with van der Waals surface area (Å²) in [5.74, 6) is -0.244. The summed E-state index contributed by atoms with van der Waals surface area (Å²) in [6.45, 7) is 5.38.